The van der Waals surface area contributed by atoms with E-state index >= 15 is 0 Å². The fraction of sp³-hybridized carbons (Fsp3) is 0.467. The third kappa shape index (κ3) is 3.01. The standard InChI is InChI=1S/C15H17F2N3OS/c1-2-20-14(9-6-7-9)18-19-15(20)22-8-12(21)13-10(16)4-3-5-11(13)17/h3-5,9,12,21H,2,6-8H2,1H3. The van der Waals surface area contributed by atoms with Gasteiger partial charge in [0.2, 0.25) is 0 Å². The van der Waals surface area contributed by atoms with E-state index in [1.165, 1.54) is 17.8 Å². The number of aromatic nitrogens is 3. The van der Waals surface area contributed by atoms with Crippen LogP contribution in [0, 0.1) is 11.6 Å². The van der Waals surface area contributed by atoms with Crippen molar-refractivity contribution in [2.45, 2.75) is 43.5 Å². The van der Waals surface area contributed by atoms with E-state index in [2.05, 4.69) is 10.2 Å². The van der Waals surface area contributed by atoms with Crippen LogP contribution in [0.4, 0.5) is 8.78 Å². The van der Waals surface area contributed by atoms with E-state index in [-0.39, 0.29) is 11.3 Å². The molecule has 1 aromatic carbocycles. The van der Waals surface area contributed by atoms with E-state index in [9.17, 15) is 13.9 Å². The number of benzene rings is 1. The van der Waals surface area contributed by atoms with Gasteiger partial charge < -0.3 is 9.67 Å². The highest BCUT2D eigenvalue weighted by Crippen LogP contribution is 2.40. The van der Waals surface area contributed by atoms with Gasteiger partial charge >= 0.3 is 0 Å². The van der Waals surface area contributed by atoms with Gasteiger partial charge in [0.05, 0.1) is 11.7 Å². The minimum absolute atomic E-state index is 0.126. The molecule has 3 rings (SSSR count). The summed E-state index contributed by atoms with van der Waals surface area (Å²) in [4.78, 5) is 0. The maximum absolute atomic E-state index is 13.6. The van der Waals surface area contributed by atoms with Gasteiger partial charge in [0.1, 0.15) is 17.5 Å². The minimum atomic E-state index is -1.22. The highest BCUT2D eigenvalue weighted by atomic mass is 32.2. The molecular formula is C15H17F2N3OS. The first-order chi connectivity index (χ1) is 10.6. The molecule has 1 unspecified atom stereocenters. The maximum Gasteiger partial charge on any atom is 0.191 e. The molecule has 0 saturated heterocycles. The molecule has 1 aliphatic rings. The zero-order chi connectivity index (χ0) is 15.7. The smallest absolute Gasteiger partial charge is 0.191 e. The normalized spacial score (nSPS) is 16.0. The zero-order valence-corrected chi connectivity index (χ0v) is 13.0. The van der Waals surface area contributed by atoms with Crippen LogP contribution in [-0.4, -0.2) is 25.6 Å². The van der Waals surface area contributed by atoms with Crippen molar-refractivity contribution in [1.29, 1.82) is 0 Å². The van der Waals surface area contributed by atoms with Gasteiger partial charge in [0, 0.05) is 18.2 Å². The van der Waals surface area contributed by atoms with E-state index in [0.717, 1.165) is 37.3 Å². The van der Waals surface area contributed by atoms with Crippen molar-refractivity contribution >= 4 is 11.8 Å². The van der Waals surface area contributed by atoms with Crippen molar-refractivity contribution in [1.82, 2.24) is 14.8 Å². The molecule has 7 heteroatoms. The Morgan fingerprint density at radius 2 is 2.00 bits per heavy atom. The molecule has 0 radical (unpaired) electrons. The van der Waals surface area contributed by atoms with Crippen molar-refractivity contribution in [3.8, 4) is 0 Å². The van der Waals surface area contributed by atoms with Crippen molar-refractivity contribution in [2.24, 2.45) is 0 Å². The van der Waals surface area contributed by atoms with Crippen molar-refractivity contribution in [2.75, 3.05) is 5.75 Å². The van der Waals surface area contributed by atoms with Crippen molar-refractivity contribution in [3.05, 3.63) is 41.2 Å². The lowest BCUT2D eigenvalue weighted by Gasteiger charge is -2.13. The van der Waals surface area contributed by atoms with Crippen LogP contribution in [-0.2, 0) is 6.54 Å². The Morgan fingerprint density at radius 3 is 2.59 bits per heavy atom. The largest absolute Gasteiger partial charge is 0.387 e. The fourth-order valence-electron chi connectivity index (χ4n) is 2.41. The number of nitrogens with zero attached hydrogens (tertiary/aromatic N) is 3. The van der Waals surface area contributed by atoms with Gasteiger partial charge in [-0.25, -0.2) is 8.78 Å². The van der Waals surface area contributed by atoms with E-state index in [4.69, 9.17) is 0 Å². The number of hydrogen-bond donors (Lipinski definition) is 1. The van der Waals surface area contributed by atoms with Crippen molar-refractivity contribution in [3.63, 3.8) is 0 Å². The molecule has 0 spiro atoms. The number of aliphatic hydroxyl groups excluding tert-OH is 1. The first-order valence-corrected chi connectivity index (χ1v) is 8.28. The van der Waals surface area contributed by atoms with Gasteiger partial charge in [-0.2, -0.15) is 0 Å². The number of rotatable bonds is 6. The maximum atomic E-state index is 13.6. The van der Waals surface area contributed by atoms with Gasteiger partial charge in [-0.1, -0.05) is 17.8 Å². The monoisotopic (exact) mass is 325 g/mol. The van der Waals surface area contributed by atoms with Crippen LogP contribution < -0.4 is 0 Å². The molecule has 22 heavy (non-hydrogen) atoms. The highest BCUT2D eigenvalue weighted by Gasteiger charge is 2.30. The average molecular weight is 325 g/mol. The second-order valence-electron chi connectivity index (χ2n) is 5.32. The quantitative estimate of drug-likeness (QED) is 0.828. The molecule has 2 aromatic rings. The van der Waals surface area contributed by atoms with Crippen LogP contribution in [0.25, 0.3) is 0 Å². The van der Waals surface area contributed by atoms with Gasteiger partial charge in [0.15, 0.2) is 5.16 Å². The molecule has 1 aliphatic carbocycles. The van der Waals surface area contributed by atoms with E-state index in [0.29, 0.717) is 11.1 Å². The van der Waals surface area contributed by atoms with Crippen molar-refractivity contribution < 1.29 is 13.9 Å². The summed E-state index contributed by atoms with van der Waals surface area (Å²) >= 11 is 1.26. The summed E-state index contributed by atoms with van der Waals surface area (Å²) in [6.07, 6.45) is 1.04. The molecule has 0 bridgehead atoms. The van der Waals surface area contributed by atoms with Crippen LogP contribution in [0.5, 0.6) is 0 Å². The molecule has 1 aromatic heterocycles. The second-order valence-corrected chi connectivity index (χ2v) is 6.31. The second kappa shape index (κ2) is 6.34. The summed E-state index contributed by atoms with van der Waals surface area (Å²) in [7, 11) is 0. The lowest BCUT2D eigenvalue weighted by atomic mass is 10.1. The molecular weight excluding hydrogens is 308 g/mol. The predicted octanol–water partition coefficient (Wildman–Crippen LogP) is 3.28. The summed E-state index contributed by atoms with van der Waals surface area (Å²) in [6, 6.07) is 3.57. The average Bonchev–Trinajstić information content (AvgIpc) is 3.25. The van der Waals surface area contributed by atoms with Gasteiger partial charge in [-0.15, -0.1) is 10.2 Å². The molecule has 1 saturated carbocycles. The number of thioether (sulfide) groups is 1. The Morgan fingerprint density at radius 1 is 1.32 bits per heavy atom. The molecule has 1 N–H and O–H groups in total. The van der Waals surface area contributed by atoms with Crippen LogP contribution in [0.1, 0.15) is 43.2 Å². The van der Waals surface area contributed by atoms with E-state index < -0.39 is 17.7 Å². The SMILES string of the molecule is CCn1c(SCC(O)c2c(F)cccc2F)nnc1C1CC1. The molecule has 118 valence electrons. The first kappa shape index (κ1) is 15.4. The molecule has 4 nitrogen and oxygen atoms in total. The fourth-order valence-corrected chi connectivity index (χ4v) is 3.36. The minimum Gasteiger partial charge on any atom is -0.387 e. The number of hydrogen-bond acceptors (Lipinski definition) is 4. The summed E-state index contributed by atoms with van der Waals surface area (Å²) in [5, 5.41) is 19.1. The van der Waals surface area contributed by atoms with E-state index in [1.54, 1.807) is 0 Å². The summed E-state index contributed by atoms with van der Waals surface area (Å²) in [5.41, 5.74) is -0.292. The lowest BCUT2D eigenvalue weighted by molar-refractivity contribution is 0.193. The van der Waals surface area contributed by atoms with Crippen LogP contribution in [0.2, 0.25) is 0 Å². The van der Waals surface area contributed by atoms with Gasteiger partial charge in [-0.05, 0) is 31.9 Å². The topological polar surface area (TPSA) is 50.9 Å². The highest BCUT2D eigenvalue weighted by molar-refractivity contribution is 7.99. The van der Waals surface area contributed by atoms with Crippen LogP contribution in [0.3, 0.4) is 0 Å². The summed E-state index contributed by atoms with van der Waals surface area (Å²) < 4.78 is 29.3. The molecule has 0 aliphatic heterocycles. The Labute approximate surface area is 131 Å². The summed E-state index contributed by atoms with van der Waals surface area (Å²) in [5.74, 6) is 0.112. The summed E-state index contributed by atoms with van der Waals surface area (Å²) in [6.45, 7) is 2.75. The molecule has 1 atom stereocenters. The molecule has 1 heterocycles. The van der Waals surface area contributed by atoms with Crippen LogP contribution in [0.15, 0.2) is 23.4 Å². The predicted molar refractivity (Wildman–Crippen MR) is 79.7 cm³/mol. The Balaban J connectivity index is 1.72. The molecule has 0 amide bonds. The molecule has 1 fully saturated rings. The lowest BCUT2D eigenvalue weighted by Crippen LogP contribution is -2.08. The van der Waals surface area contributed by atoms with Gasteiger partial charge in [0.25, 0.3) is 0 Å². The third-order valence-corrected chi connectivity index (χ3v) is 4.75. The van der Waals surface area contributed by atoms with E-state index in [1.807, 2.05) is 11.5 Å². The van der Waals surface area contributed by atoms with Crippen LogP contribution >= 0.6 is 11.8 Å². The number of aliphatic hydroxyl groups is 1. The first-order valence-electron chi connectivity index (χ1n) is 7.29. The zero-order valence-electron chi connectivity index (χ0n) is 12.2. The number of halogens is 2. The Kier molecular flexibility index (Phi) is 4.44. The Hall–Kier alpha value is -1.47. The Bertz CT molecular complexity index is 653. The third-order valence-electron chi connectivity index (χ3n) is 3.71. The van der Waals surface area contributed by atoms with Gasteiger partial charge in [-0.3, -0.25) is 0 Å².